The van der Waals surface area contributed by atoms with E-state index in [0.717, 1.165) is 39.4 Å². The summed E-state index contributed by atoms with van der Waals surface area (Å²) in [7, 11) is 0. The van der Waals surface area contributed by atoms with Gasteiger partial charge >= 0.3 is 0 Å². The molecule has 130 valence electrons. The molecule has 0 aliphatic carbocycles. The molecule has 0 aromatic carbocycles. The number of morpholine rings is 1. The maximum absolute atomic E-state index is 6.40. The SMILES string of the molecule is Cc1cc(C)c2c(N)c(-c3nc(N)nc(N4CCOCC4)n3)sc2n1. The summed E-state index contributed by atoms with van der Waals surface area (Å²) < 4.78 is 5.38. The van der Waals surface area contributed by atoms with Gasteiger partial charge in [0.1, 0.15) is 4.83 Å². The molecule has 1 aliphatic heterocycles. The van der Waals surface area contributed by atoms with Crippen LogP contribution in [0.3, 0.4) is 0 Å². The van der Waals surface area contributed by atoms with Crippen LogP contribution in [0.4, 0.5) is 17.6 Å². The molecule has 4 N–H and O–H groups in total. The van der Waals surface area contributed by atoms with Crippen molar-refractivity contribution in [3.05, 3.63) is 17.3 Å². The van der Waals surface area contributed by atoms with Crippen LogP contribution in [-0.4, -0.2) is 46.2 Å². The Balaban J connectivity index is 1.84. The minimum absolute atomic E-state index is 0.184. The van der Waals surface area contributed by atoms with Crippen molar-refractivity contribution >= 4 is 39.1 Å². The molecule has 0 amide bonds. The lowest BCUT2D eigenvalue weighted by Gasteiger charge is -2.26. The van der Waals surface area contributed by atoms with Crippen molar-refractivity contribution in [1.29, 1.82) is 0 Å². The summed E-state index contributed by atoms with van der Waals surface area (Å²) in [5.74, 6) is 1.24. The van der Waals surface area contributed by atoms with E-state index in [1.54, 1.807) is 0 Å². The molecule has 4 heterocycles. The van der Waals surface area contributed by atoms with Crippen molar-refractivity contribution in [1.82, 2.24) is 19.9 Å². The number of aryl methyl sites for hydroxylation is 2. The topological polar surface area (TPSA) is 116 Å². The number of ether oxygens (including phenoxy) is 1. The molecule has 0 atom stereocenters. The van der Waals surface area contributed by atoms with E-state index in [9.17, 15) is 0 Å². The molecule has 0 radical (unpaired) electrons. The van der Waals surface area contributed by atoms with Crippen LogP contribution in [0.15, 0.2) is 6.07 Å². The Kier molecular flexibility index (Phi) is 3.89. The predicted molar refractivity (Wildman–Crippen MR) is 99.8 cm³/mol. The van der Waals surface area contributed by atoms with Crippen LogP contribution in [-0.2, 0) is 4.74 Å². The normalized spacial score (nSPS) is 15.0. The molecule has 1 fully saturated rings. The molecule has 25 heavy (non-hydrogen) atoms. The molecular weight excluding hydrogens is 338 g/mol. The van der Waals surface area contributed by atoms with Crippen molar-refractivity contribution < 1.29 is 4.74 Å². The van der Waals surface area contributed by atoms with Gasteiger partial charge in [0.05, 0.1) is 23.8 Å². The van der Waals surface area contributed by atoms with E-state index < -0.39 is 0 Å². The highest BCUT2D eigenvalue weighted by Gasteiger charge is 2.20. The van der Waals surface area contributed by atoms with Gasteiger partial charge in [0, 0.05) is 24.2 Å². The zero-order chi connectivity index (χ0) is 17.6. The van der Waals surface area contributed by atoms with Gasteiger partial charge in [-0.15, -0.1) is 11.3 Å². The van der Waals surface area contributed by atoms with Crippen molar-refractivity contribution in [2.75, 3.05) is 42.7 Å². The lowest BCUT2D eigenvalue weighted by Crippen LogP contribution is -2.37. The average Bonchev–Trinajstić information content (AvgIpc) is 2.92. The highest BCUT2D eigenvalue weighted by molar-refractivity contribution is 7.22. The van der Waals surface area contributed by atoms with Crippen LogP contribution >= 0.6 is 11.3 Å². The summed E-state index contributed by atoms with van der Waals surface area (Å²) in [6.07, 6.45) is 0. The summed E-state index contributed by atoms with van der Waals surface area (Å²) in [5, 5.41) is 0.956. The first kappa shape index (κ1) is 16.0. The molecule has 1 aliphatic rings. The molecule has 0 bridgehead atoms. The zero-order valence-corrected chi connectivity index (χ0v) is 14.9. The van der Waals surface area contributed by atoms with Gasteiger partial charge < -0.3 is 21.1 Å². The van der Waals surface area contributed by atoms with Crippen LogP contribution in [0.2, 0.25) is 0 Å². The van der Waals surface area contributed by atoms with Crippen molar-refractivity contribution in [3.8, 4) is 10.7 Å². The van der Waals surface area contributed by atoms with Crippen LogP contribution in [0.1, 0.15) is 11.3 Å². The smallest absolute Gasteiger partial charge is 0.230 e. The molecule has 0 spiro atoms. The highest BCUT2D eigenvalue weighted by atomic mass is 32.1. The number of nitrogen functional groups attached to an aromatic ring is 2. The average molecular weight is 357 g/mol. The van der Waals surface area contributed by atoms with Crippen LogP contribution in [0.25, 0.3) is 20.9 Å². The van der Waals surface area contributed by atoms with Crippen molar-refractivity contribution in [2.45, 2.75) is 13.8 Å². The number of fused-ring (bicyclic) bond motifs is 1. The number of pyridine rings is 1. The van der Waals surface area contributed by atoms with E-state index in [0.29, 0.717) is 30.7 Å². The largest absolute Gasteiger partial charge is 0.397 e. The van der Waals surface area contributed by atoms with Gasteiger partial charge in [0.25, 0.3) is 0 Å². The summed E-state index contributed by atoms with van der Waals surface area (Å²) in [4.78, 5) is 21.5. The maximum Gasteiger partial charge on any atom is 0.230 e. The van der Waals surface area contributed by atoms with Gasteiger partial charge in [-0.3, -0.25) is 0 Å². The van der Waals surface area contributed by atoms with Gasteiger partial charge in [-0.2, -0.15) is 15.0 Å². The summed E-state index contributed by atoms with van der Waals surface area (Å²) in [5.41, 5.74) is 15.0. The Morgan fingerprint density at radius 1 is 1.08 bits per heavy atom. The number of hydrogen-bond acceptors (Lipinski definition) is 9. The first-order valence-corrected chi connectivity index (χ1v) is 8.85. The third-order valence-corrected chi connectivity index (χ3v) is 5.26. The number of nitrogens with two attached hydrogens (primary N) is 2. The van der Waals surface area contributed by atoms with E-state index in [-0.39, 0.29) is 5.95 Å². The van der Waals surface area contributed by atoms with E-state index in [2.05, 4.69) is 19.9 Å². The summed E-state index contributed by atoms with van der Waals surface area (Å²) >= 11 is 1.48. The molecule has 9 heteroatoms. The van der Waals surface area contributed by atoms with Gasteiger partial charge in [-0.25, -0.2) is 4.98 Å². The Hall–Kier alpha value is -2.52. The van der Waals surface area contributed by atoms with Crippen molar-refractivity contribution in [2.24, 2.45) is 0 Å². The van der Waals surface area contributed by atoms with Crippen LogP contribution in [0.5, 0.6) is 0 Å². The first-order chi connectivity index (χ1) is 12.0. The monoisotopic (exact) mass is 357 g/mol. The lowest BCUT2D eigenvalue weighted by molar-refractivity contribution is 0.122. The fourth-order valence-corrected chi connectivity index (χ4v) is 4.17. The van der Waals surface area contributed by atoms with E-state index >= 15 is 0 Å². The van der Waals surface area contributed by atoms with E-state index in [4.69, 9.17) is 16.2 Å². The number of nitrogens with zero attached hydrogens (tertiary/aromatic N) is 5. The van der Waals surface area contributed by atoms with Crippen LogP contribution < -0.4 is 16.4 Å². The Bertz CT molecular complexity index is 949. The second-order valence-electron chi connectivity index (χ2n) is 6.02. The van der Waals surface area contributed by atoms with Gasteiger partial charge in [0.15, 0.2) is 5.82 Å². The van der Waals surface area contributed by atoms with Gasteiger partial charge in [-0.1, -0.05) is 0 Å². The number of aromatic nitrogens is 4. The van der Waals surface area contributed by atoms with E-state index in [1.807, 2.05) is 24.8 Å². The zero-order valence-electron chi connectivity index (χ0n) is 14.1. The molecular formula is C16H19N7OS. The number of hydrogen-bond donors (Lipinski definition) is 2. The molecule has 0 saturated carbocycles. The molecule has 3 aromatic heterocycles. The molecule has 8 nitrogen and oxygen atoms in total. The highest BCUT2D eigenvalue weighted by Crippen LogP contribution is 2.40. The van der Waals surface area contributed by atoms with Gasteiger partial charge in [-0.05, 0) is 25.5 Å². The third-order valence-electron chi connectivity index (χ3n) is 4.16. The van der Waals surface area contributed by atoms with Gasteiger partial charge in [0.2, 0.25) is 11.9 Å². The fourth-order valence-electron chi connectivity index (χ4n) is 3.02. The number of rotatable bonds is 2. The minimum atomic E-state index is 0.184. The Morgan fingerprint density at radius 2 is 1.84 bits per heavy atom. The number of thiophene rings is 1. The first-order valence-electron chi connectivity index (χ1n) is 8.04. The Labute approximate surface area is 148 Å². The van der Waals surface area contributed by atoms with Crippen molar-refractivity contribution in [3.63, 3.8) is 0 Å². The minimum Gasteiger partial charge on any atom is -0.397 e. The Morgan fingerprint density at radius 3 is 2.60 bits per heavy atom. The molecule has 1 saturated heterocycles. The molecule has 0 unspecified atom stereocenters. The second kappa shape index (κ2) is 6.08. The number of anilines is 3. The fraction of sp³-hybridized carbons (Fsp3) is 0.375. The predicted octanol–water partition coefficient (Wildman–Crippen LogP) is 1.77. The maximum atomic E-state index is 6.40. The summed E-state index contributed by atoms with van der Waals surface area (Å²) in [6.45, 7) is 6.75. The van der Waals surface area contributed by atoms with Crippen LogP contribution in [0, 0.1) is 13.8 Å². The molecule has 3 aromatic rings. The second-order valence-corrected chi connectivity index (χ2v) is 7.02. The standard InChI is InChI=1S/C16H19N7OS/c1-8-7-9(2)19-14-10(8)11(17)12(25-14)13-20-15(18)22-16(21-13)23-3-5-24-6-4-23/h7H,3-6,17H2,1-2H3,(H2,18,20,21,22). The summed E-state index contributed by atoms with van der Waals surface area (Å²) in [6, 6.07) is 2.02. The molecule has 4 rings (SSSR count). The third kappa shape index (κ3) is 2.85. The quantitative estimate of drug-likeness (QED) is 0.713. The van der Waals surface area contributed by atoms with E-state index in [1.165, 1.54) is 11.3 Å². The lowest BCUT2D eigenvalue weighted by atomic mass is 10.1.